The van der Waals surface area contributed by atoms with E-state index in [4.69, 9.17) is 4.74 Å². The quantitative estimate of drug-likeness (QED) is 0.741. The van der Waals surface area contributed by atoms with Gasteiger partial charge in [-0.15, -0.1) is 0 Å². The Balaban J connectivity index is 2.24. The highest BCUT2D eigenvalue weighted by molar-refractivity contribution is 5.78. The topological polar surface area (TPSA) is 50.4 Å². The van der Waals surface area contributed by atoms with E-state index in [1.807, 2.05) is 0 Å². The van der Waals surface area contributed by atoms with Crippen LogP contribution in [0.5, 0.6) is 0 Å². The first kappa shape index (κ1) is 14.5. The molecule has 0 aromatic heterocycles. The summed E-state index contributed by atoms with van der Waals surface area (Å²) in [5.74, 6) is 0.00901. The van der Waals surface area contributed by atoms with E-state index in [9.17, 15) is 4.79 Å². The minimum atomic E-state index is -0.0887. The lowest BCUT2D eigenvalue weighted by Crippen LogP contribution is -2.47. The van der Waals surface area contributed by atoms with Gasteiger partial charge in [-0.05, 0) is 45.7 Å². The van der Waals surface area contributed by atoms with Gasteiger partial charge in [0.05, 0.1) is 6.10 Å². The number of piperidine rings is 1. The van der Waals surface area contributed by atoms with Crippen LogP contribution in [0, 0.1) is 0 Å². The monoisotopic (exact) mass is 242 g/mol. The van der Waals surface area contributed by atoms with Crippen LogP contribution in [0.1, 0.15) is 46.5 Å². The second kappa shape index (κ2) is 6.97. The molecular weight excluding hydrogens is 216 g/mol. The van der Waals surface area contributed by atoms with Gasteiger partial charge in [0, 0.05) is 5.54 Å². The van der Waals surface area contributed by atoms with E-state index in [0.717, 1.165) is 38.8 Å². The maximum atomic E-state index is 11.8. The molecule has 1 fully saturated rings. The van der Waals surface area contributed by atoms with Crippen LogP contribution in [0.4, 0.5) is 0 Å². The molecule has 1 aliphatic heterocycles. The van der Waals surface area contributed by atoms with Crippen molar-refractivity contribution in [3.63, 3.8) is 0 Å². The molecule has 4 heteroatoms. The summed E-state index contributed by atoms with van der Waals surface area (Å²) in [6, 6.07) is 0. The third-order valence-corrected chi connectivity index (χ3v) is 3.74. The van der Waals surface area contributed by atoms with Crippen LogP contribution in [0.25, 0.3) is 0 Å². The molecule has 17 heavy (non-hydrogen) atoms. The maximum absolute atomic E-state index is 11.8. The maximum Gasteiger partial charge on any atom is 0.246 e. The zero-order chi connectivity index (χ0) is 12.7. The van der Waals surface area contributed by atoms with Gasteiger partial charge < -0.3 is 15.4 Å². The van der Waals surface area contributed by atoms with Crippen molar-refractivity contribution < 1.29 is 9.53 Å². The summed E-state index contributed by atoms with van der Waals surface area (Å²) in [5, 5.41) is 6.33. The lowest BCUT2D eigenvalue weighted by molar-refractivity contribution is -0.130. The van der Waals surface area contributed by atoms with Gasteiger partial charge in [0.25, 0.3) is 0 Å². The van der Waals surface area contributed by atoms with Crippen LogP contribution < -0.4 is 10.6 Å². The van der Waals surface area contributed by atoms with Crippen molar-refractivity contribution >= 4 is 5.91 Å². The van der Waals surface area contributed by atoms with Crippen molar-refractivity contribution in [2.75, 3.05) is 19.7 Å². The molecule has 0 aliphatic carbocycles. The Morgan fingerprint density at radius 2 is 1.94 bits per heavy atom. The summed E-state index contributed by atoms with van der Waals surface area (Å²) in [5.41, 5.74) is -0.0887. The van der Waals surface area contributed by atoms with E-state index < -0.39 is 0 Å². The molecule has 2 N–H and O–H groups in total. The Kier molecular flexibility index (Phi) is 5.92. The minimum absolute atomic E-state index is 0.00901. The normalized spacial score (nSPS) is 18.1. The molecule has 0 spiro atoms. The fraction of sp³-hybridized carbons (Fsp3) is 0.923. The van der Waals surface area contributed by atoms with Gasteiger partial charge in [0.2, 0.25) is 5.91 Å². The molecule has 0 radical (unpaired) electrons. The van der Waals surface area contributed by atoms with Crippen molar-refractivity contribution in [2.24, 2.45) is 0 Å². The van der Waals surface area contributed by atoms with Crippen molar-refractivity contribution in [1.29, 1.82) is 0 Å². The van der Waals surface area contributed by atoms with Gasteiger partial charge in [-0.25, -0.2) is 0 Å². The average Bonchev–Trinajstić information content (AvgIpc) is 2.37. The Morgan fingerprint density at radius 3 is 2.47 bits per heavy atom. The fourth-order valence-electron chi connectivity index (χ4n) is 1.96. The predicted octanol–water partition coefficient (Wildman–Crippen LogP) is 1.45. The van der Waals surface area contributed by atoms with E-state index in [0.29, 0.717) is 0 Å². The predicted molar refractivity (Wildman–Crippen MR) is 69.0 cm³/mol. The molecule has 0 aromatic rings. The van der Waals surface area contributed by atoms with E-state index >= 15 is 0 Å². The third-order valence-electron chi connectivity index (χ3n) is 3.74. The fourth-order valence-corrected chi connectivity index (χ4v) is 1.96. The molecule has 1 amide bonds. The number of carbonyl (C=O) groups is 1. The third kappa shape index (κ3) is 5.04. The van der Waals surface area contributed by atoms with Gasteiger partial charge in [-0.3, -0.25) is 4.79 Å². The largest absolute Gasteiger partial charge is 0.368 e. The molecule has 0 bridgehead atoms. The van der Waals surface area contributed by atoms with Crippen molar-refractivity contribution in [2.45, 2.75) is 58.1 Å². The van der Waals surface area contributed by atoms with Gasteiger partial charge in [-0.2, -0.15) is 0 Å². The summed E-state index contributed by atoms with van der Waals surface area (Å²) in [4.78, 5) is 11.8. The number of nitrogens with one attached hydrogen (secondary N) is 2. The van der Waals surface area contributed by atoms with Gasteiger partial charge in [-0.1, -0.05) is 13.8 Å². The first-order chi connectivity index (χ1) is 8.09. The van der Waals surface area contributed by atoms with Crippen molar-refractivity contribution in [1.82, 2.24) is 10.6 Å². The number of hydrogen-bond acceptors (Lipinski definition) is 3. The number of rotatable bonds is 6. The van der Waals surface area contributed by atoms with Crippen LogP contribution in [-0.4, -0.2) is 37.2 Å². The molecule has 0 unspecified atom stereocenters. The SMILES string of the molecule is CCC(C)(CC)NC(=O)COC1CCNCC1. The molecule has 4 nitrogen and oxygen atoms in total. The van der Waals surface area contributed by atoms with E-state index in [1.54, 1.807) is 0 Å². The Labute approximate surface area is 104 Å². The molecule has 1 heterocycles. The summed E-state index contributed by atoms with van der Waals surface area (Å²) in [6.45, 7) is 8.45. The van der Waals surface area contributed by atoms with E-state index in [-0.39, 0.29) is 24.2 Å². The highest BCUT2D eigenvalue weighted by atomic mass is 16.5. The van der Waals surface area contributed by atoms with Gasteiger partial charge >= 0.3 is 0 Å². The molecule has 100 valence electrons. The summed E-state index contributed by atoms with van der Waals surface area (Å²) >= 11 is 0. The Hall–Kier alpha value is -0.610. The summed E-state index contributed by atoms with van der Waals surface area (Å²) in [6.07, 6.45) is 4.15. The average molecular weight is 242 g/mol. The minimum Gasteiger partial charge on any atom is -0.368 e. The zero-order valence-corrected chi connectivity index (χ0v) is 11.3. The standard InChI is InChI=1S/C13H26N2O2/c1-4-13(3,5-2)15-12(16)10-17-11-6-8-14-9-7-11/h11,14H,4-10H2,1-3H3,(H,15,16). The van der Waals surface area contributed by atoms with Crippen molar-refractivity contribution in [3.8, 4) is 0 Å². The highest BCUT2D eigenvalue weighted by Gasteiger charge is 2.22. The summed E-state index contributed by atoms with van der Waals surface area (Å²) in [7, 11) is 0. The molecule has 0 atom stereocenters. The first-order valence-electron chi connectivity index (χ1n) is 6.73. The van der Waals surface area contributed by atoms with Crippen LogP contribution in [-0.2, 0) is 9.53 Å². The van der Waals surface area contributed by atoms with E-state index in [1.165, 1.54) is 0 Å². The lowest BCUT2D eigenvalue weighted by atomic mass is 9.95. The second-order valence-electron chi connectivity index (χ2n) is 5.08. The molecule has 1 saturated heterocycles. The Bertz CT molecular complexity index is 234. The smallest absolute Gasteiger partial charge is 0.246 e. The lowest BCUT2D eigenvalue weighted by Gasteiger charge is -2.29. The highest BCUT2D eigenvalue weighted by Crippen LogP contribution is 2.13. The molecule has 1 rings (SSSR count). The number of carbonyl (C=O) groups excluding carboxylic acids is 1. The van der Waals surface area contributed by atoms with Crippen LogP contribution >= 0.6 is 0 Å². The molecule has 1 aliphatic rings. The number of ether oxygens (including phenoxy) is 1. The van der Waals surface area contributed by atoms with Crippen LogP contribution in [0.15, 0.2) is 0 Å². The Morgan fingerprint density at radius 1 is 1.35 bits per heavy atom. The molecular formula is C13H26N2O2. The van der Waals surface area contributed by atoms with E-state index in [2.05, 4.69) is 31.4 Å². The molecule has 0 saturated carbocycles. The van der Waals surface area contributed by atoms with Crippen molar-refractivity contribution in [3.05, 3.63) is 0 Å². The van der Waals surface area contributed by atoms with Gasteiger partial charge in [0.15, 0.2) is 0 Å². The number of amides is 1. The molecule has 0 aromatic carbocycles. The van der Waals surface area contributed by atoms with Crippen LogP contribution in [0.2, 0.25) is 0 Å². The zero-order valence-electron chi connectivity index (χ0n) is 11.3. The number of hydrogen-bond donors (Lipinski definition) is 2. The first-order valence-corrected chi connectivity index (χ1v) is 6.73. The van der Waals surface area contributed by atoms with Gasteiger partial charge in [0.1, 0.15) is 6.61 Å². The summed E-state index contributed by atoms with van der Waals surface area (Å²) < 4.78 is 5.63. The second-order valence-corrected chi connectivity index (χ2v) is 5.08. The van der Waals surface area contributed by atoms with Crippen LogP contribution in [0.3, 0.4) is 0 Å².